The molecule has 1 unspecified atom stereocenters. The van der Waals surface area contributed by atoms with Crippen molar-refractivity contribution < 1.29 is 4.39 Å². The van der Waals surface area contributed by atoms with Gasteiger partial charge in [0.15, 0.2) is 0 Å². The van der Waals surface area contributed by atoms with Gasteiger partial charge in [-0.05, 0) is 65.1 Å². The molecule has 0 fully saturated rings. The molecule has 0 aliphatic rings. The fourth-order valence-corrected chi connectivity index (χ4v) is 3.71. The zero-order valence-corrected chi connectivity index (χ0v) is 14.3. The van der Waals surface area contributed by atoms with E-state index >= 15 is 0 Å². The third-order valence-corrected chi connectivity index (χ3v) is 5.03. The van der Waals surface area contributed by atoms with Gasteiger partial charge < -0.3 is 5.32 Å². The van der Waals surface area contributed by atoms with Crippen LogP contribution in [-0.2, 0) is 6.42 Å². The second kappa shape index (κ2) is 7.55. The van der Waals surface area contributed by atoms with Crippen LogP contribution in [0.4, 0.5) is 4.39 Å². The first-order chi connectivity index (χ1) is 9.60. The van der Waals surface area contributed by atoms with Gasteiger partial charge in [0, 0.05) is 10.9 Å². The number of nitrogens with one attached hydrogen (secondary N) is 1. The Morgan fingerprint density at radius 3 is 2.75 bits per heavy atom. The van der Waals surface area contributed by atoms with Gasteiger partial charge >= 0.3 is 0 Å². The maximum absolute atomic E-state index is 13.2. The molecule has 0 saturated carbocycles. The maximum atomic E-state index is 13.2. The molecule has 1 atom stereocenters. The van der Waals surface area contributed by atoms with E-state index in [-0.39, 0.29) is 16.9 Å². The van der Waals surface area contributed by atoms with Crippen molar-refractivity contribution >= 4 is 38.9 Å². The lowest BCUT2D eigenvalue weighted by molar-refractivity contribution is 0.536. The molecule has 1 nitrogen and oxygen atoms in total. The normalized spacial score (nSPS) is 12.6. The molecular weight excluding hydrogens is 361 g/mol. The van der Waals surface area contributed by atoms with Gasteiger partial charge in [-0.3, -0.25) is 0 Å². The molecule has 0 aliphatic heterocycles. The number of halogens is 3. The van der Waals surface area contributed by atoms with Crippen molar-refractivity contribution in [1.82, 2.24) is 5.32 Å². The molecule has 0 aliphatic carbocycles. The van der Waals surface area contributed by atoms with E-state index in [2.05, 4.69) is 40.3 Å². The second-order valence-corrected chi connectivity index (χ2v) is 7.50. The molecular formula is C15H16BrClFNS. The topological polar surface area (TPSA) is 12.0 Å². The van der Waals surface area contributed by atoms with Crippen LogP contribution >= 0.6 is 38.9 Å². The van der Waals surface area contributed by atoms with Crippen LogP contribution in [0.15, 0.2) is 34.1 Å². The molecule has 1 aromatic heterocycles. The second-order valence-electron chi connectivity index (χ2n) is 4.60. The van der Waals surface area contributed by atoms with Crippen LogP contribution in [0.1, 0.15) is 29.8 Å². The van der Waals surface area contributed by atoms with E-state index in [0.717, 1.165) is 28.7 Å². The monoisotopic (exact) mass is 375 g/mol. The number of thiophene rings is 1. The zero-order chi connectivity index (χ0) is 14.5. The summed E-state index contributed by atoms with van der Waals surface area (Å²) in [5.41, 5.74) is 1.04. The summed E-state index contributed by atoms with van der Waals surface area (Å²) in [5, 5.41) is 3.72. The van der Waals surface area contributed by atoms with Crippen molar-refractivity contribution in [2.75, 3.05) is 6.54 Å². The fourth-order valence-electron chi connectivity index (χ4n) is 2.01. The summed E-state index contributed by atoms with van der Waals surface area (Å²) < 4.78 is 14.3. The van der Waals surface area contributed by atoms with Gasteiger partial charge in [0.25, 0.3) is 0 Å². The van der Waals surface area contributed by atoms with E-state index in [1.807, 2.05) is 0 Å². The van der Waals surface area contributed by atoms with Gasteiger partial charge in [-0.2, -0.15) is 0 Å². The van der Waals surface area contributed by atoms with Crippen molar-refractivity contribution in [2.24, 2.45) is 0 Å². The van der Waals surface area contributed by atoms with E-state index < -0.39 is 0 Å². The average Bonchev–Trinajstić information content (AvgIpc) is 2.85. The van der Waals surface area contributed by atoms with Gasteiger partial charge in [0.05, 0.1) is 8.81 Å². The fraction of sp³-hybridized carbons (Fsp3) is 0.333. The van der Waals surface area contributed by atoms with E-state index in [9.17, 15) is 4.39 Å². The quantitative estimate of drug-likeness (QED) is 0.693. The van der Waals surface area contributed by atoms with Crippen LogP contribution in [0.2, 0.25) is 5.02 Å². The highest BCUT2D eigenvalue weighted by atomic mass is 79.9. The summed E-state index contributed by atoms with van der Waals surface area (Å²) in [6, 6.07) is 9.34. The molecule has 20 heavy (non-hydrogen) atoms. The van der Waals surface area contributed by atoms with Crippen molar-refractivity contribution in [2.45, 2.75) is 25.8 Å². The van der Waals surface area contributed by atoms with E-state index in [4.69, 9.17) is 11.6 Å². The Morgan fingerprint density at radius 1 is 1.35 bits per heavy atom. The van der Waals surface area contributed by atoms with Crippen molar-refractivity contribution in [3.8, 4) is 0 Å². The lowest BCUT2D eigenvalue weighted by Gasteiger charge is -2.17. The summed E-state index contributed by atoms with van der Waals surface area (Å²) in [6.07, 6.45) is 1.88. The smallest absolute Gasteiger partial charge is 0.141 e. The van der Waals surface area contributed by atoms with Crippen LogP contribution in [0, 0.1) is 5.82 Å². The third-order valence-electron chi connectivity index (χ3n) is 3.00. The Labute approximate surface area is 136 Å². The number of hydrogen-bond acceptors (Lipinski definition) is 2. The lowest BCUT2D eigenvalue weighted by atomic mass is 10.0. The number of hydrogen-bond donors (Lipinski definition) is 1. The summed E-state index contributed by atoms with van der Waals surface area (Å²) in [4.78, 5) is 1.27. The van der Waals surface area contributed by atoms with Crippen molar-refractivity contribution in [3.05, 3.63) is 55.4 Å². The Hall–Kier alpha value is -0.420. The Bertz CT molecular complexity index is 573. The minimum absolute atomic E-state index is 0.184. The SMILES string of the molecule is CCCNC(Cc1ccc(F)c(Cl)c1)c1ccc(Br)s1. The molecule has 0 amide bonds. The number of rotatable bonds is 6. The lowest BCUT2D eigenvalue weighted by Crippen LogP contribution is -2.23. The van der Waals surface area contributed by atoms with Crippen molar-refractivity contribution in [1.29, 1.82) is 0 Å². The van der Waals surface area contributed by atoms with E-state index in [1.165, 1.54) is 10.9 Å². The number of benzene rings is 1. The van der Waals surface area contributed by atoms with Crippen LogP contribution < -0.4 is 5.32 Å². The Kier molecular flexibility index (Phi) is 6.02. The van der Waals surface area contributed by atoms with E-state index in [0.29, 0.717) is 0 Å². The minimum Gasteiger partial charge on any atom is -0.309 e. The molecule has 1 N–H and O–H groups in total. The van der Waals surface area contributed by atoms with Crippen LogP contribution in [0.25, 0.3) is 0 Å². The highest BCUT2D eigenvalue weighted by Gasteiger charge is 2.14. The van der Waals surface area contributed by atoms with Gasteiger partial charge in [0.1, 0.15) is 5.82 Å². The largest absolute Gasteiger partial charge is 0.309 e. The molecule has 1 heterocycles. The summed E-state index contributed by atoms with van der Waals surface area (Å²) in [5.74, 6) is -0.368. The summed E-state index contributed by atoms with van der Waals surface area (Å²) >= 11 is 11.1. The average molecular weight is 377 g/mol. The van der Waals surface area contributed by atoms with Gasteiger partial charge in [-0.15, -0.1) is 11.3 Å². The molecule has 108 valence electrons. The molecule has 0 spiro atoms. The first kappa shape index (κ1) is 16.0. The predicted octanol–water partition coefficient (Wildman–Crippen LogP) is 5.59. The highest BCUT2D eigenvalue weighted by molar-refractivity contribution is 9.11. The molecule has 0 radical (unpaired) electrons. The summed E-state index contributed by atoms with van der Waals surface area (Å²) in [7, 11) is 0. The maximum Gasteiger partial charge on any atom is 0.141 e. The standard InChI is InChI=1S/C15H16BrClFNS/c1-2-7-19-13(14-5-6-15(16)20-14)9-10-3-4-12(18)11(17)8-10/h3-6,8,13,19H,2,7,9H2,1H3. The molecule has 2 aromatic rings. The Balaban J connectivity index is 2.16. The molecule has 5 heteroatoms. The van der Waals surface area contributed by atoms with Gasteiger partial charge in [0.2, 0.25) is 0 Å². The predicted molar refractivity (Wildman–Crippen MR) is 88.2 cm³/mol. The summed E-state index contributed by atoms with van der Waals surface area (Å²) in [6.45, 7) is 3.10. The first-order valence-electron chi connectivity index (χ1n) is 6.52. The Morgan fingerprint density at radius 2 is 2.15 bits per heavy atom. The molecule has 0 bridgehead atoms. The zero-order valence-electron chi connectivity index (χ0n) is 11.1. The van der Waals surface area contributed by atoms with Crippen LogP contribution in [0.3, 0.4) is 0 Å². The molecule has 0 saturated heterocycles. The van der Waals surface area contributed by atoms with Crippen molar-refractivity contribution in [3.63, 3.8) is 0 Å². The van der Waals surface area contributed by atoms with Gasteiger partial charge in [-0.1, -0.05) is 24.6 Å². The van der Waals surface area contributed by atoms with E-state index in [1.54, 1.807) is 23.5 Å². The third kappa shape index (κ3) is 4.29. The molecule has 2 rings (SSSR count). The minimum atomic E-state index is -0.368. The first-order valence-corrected chi connectivity index (χ1v) is 8.51. The van der Waals surface area contributed by atoms with Crippen LogP contribution in [-0.4, -0.2) is 6.54 Å². The molecule has 1 aromatic carbocycles. The highest BCUT2D eigenvalue weighted by Crippen LogP contribution is 2.30. The van der Waals surface area contributed by atoms with Crippen LogP contribution in [0.5, 0.6) is 0 Å². The van der Waals surface area contributed by atoms with Gasteiger partial charge in [-0.25, -0.2) is 4.39 Å².